The van der Waals surface area contributed by atoms with Crippen LogP contribution in [0.25, 0.3) is 0 Å². The second kappa shape index (κ2) is 7.00. The third kappa shape index (κ3) is 3.71. The van der Waals surface area contributed by atoms with Crippen LogP contribution in [0.15, 0.2) is 16.6 Å². The van der Waals surface area contributed by atoms with Crippen molar-refractivity contribution in [2.24, 2.45) is 11.8 Å². The van der Waals surface area contributed by atoms with Crippen LogP contribution in [0.5, 0.6) is 11.5 Å². The molecule has 0 saturated heterocycles. The molecule has 1 aromatic carbocycles. The largest absolute Gasteiger partial charge is 0.493 e. The lowest BCUT2D eigenvalue weighted by atomic mass is 10.2. The smallest absolute Gasteiger partial charge is 0.269 e. The van der Waals surface area contributed by atoms with Crippen molar-refractivity contribution in [3.63, 3.8) is 0 Å². The topological polar surface area (TPSA) is 76.7 Å². The quantitative estimate of drug-likeness (QED) is 0.779. The molecule has 0 unspecified atom stereocenters. The SMILES string of the molecule is CCOc1c(Br)cc(C(=O)NNC(=O)[C@@H]2C[C@H]2C)cc1OC. The van der Waals surface area contributed by atoms with Crippen LogP contribution in [-0.2, 0) is 4.79 Å². The van der Waals surface area contributed by atoms with Gasteiger partial charge in [-0.2, -0.15) is 0 Å². The highest BCUT2D eigenvalue weighted by Crippen LogP contribution is 2.38. The van der Waals surface area contributed by atoms with E-state index >= 15 is 0 Å². The lowest BCUT2D eigenvalue weighted by Gasteiger charge is -2.13. The fraction of sp³-hybridized carbons (Fsp3) is 0.467. The van der Waals surface area contributed by atoms with Crippen LogP contribution < -0.4 is 20.3 Å². The molecule has 0 bridgehead atoms. The number of amides is 2. The predicted molar refractivity (Wildman–Crippen MR) is 84.7 cm³/mol. The first-order chi connectivity index (χ1) is 10.5. The minimum Gasteiger partial charge on any atom is -0.493 e. The Balaban J connectivity index is 2.06. The van der Waals surface area contributed by atoms with Crippen LogP contribution in [0.4, 0.5) is 0 Å². The molecule has 2 amide bonds. The van der Waals surface area contributed by atoms with Crippen molar-refractivity contribution in [3.05, 3.63) is 22.2 Å². The lowest BCUT2D eigenvalue weighted by molar-refractivity contribution is -0.123. The highest BCUT2D eigenvalue weighted by atomic mass is 79.9. The summed E-state index contributed by atoms with van der Waals surface area (Å²) in [6.45, 7) is 4.34. The van der Waals surface area contributed by atoms with E-state index < -0.39 is 5.91 Å². The normalized spacial score (nSPS) is 19.3. The summed E-state index contributed by atoms with van der Waals surface area (Å²) in [5.41, 5.74) is 5.22. The van der Waals surface area contributed by atoms with Crippen molar-refractivity contribution < 1.29 is 19.1 Å². The number of rotatable bonds is 5. The van der Waals surface area contributed by atoms with Gasteiger partial charge in [0.05, 0.1) is 18.2 Å². The standard InChI is InChI=1S/C15H19BrN2O4/c1-4-22-13-11(16)6-9(7-12(13)21-3)14(19)17-18-15(20)10-5-8(10)2/h6-8,10H,4-5H2,1-3H3,(H,17,19)(H,18,20)/t8-,10-/m1/s1. The van der Waals surface area contributed by atoms with Crippen molar-refractivity contribution >= 4 is 27.7 Å². The van der Waals surface area contributed by atoms with E-state index in [-0.39, 0.29) is 11.8 Å². The molecular formula is C15H19BrN2O4. The molecule has 0 radical (unpaired) electrons. The van der Waals surface area contributed by atoms with Gasteiger partial charge in [0.25, 0.3) is 5.91 Å². The van der Waals surface area contributed by atoms with Crippen LogP contribution in [0.2, 0.25) is 0 Å². The summed E-state index contributed by atoms with van der Waals surface area (Å²) in [7, 11) is 1.50. The molecule has 2 N–H and O–H groups in total. The average Bonchev–Trinajstić information content (AvgIpc) is 3.23. The molecule has 2 atom stereocenters. The van der Waals surface area contributed by atoms with Crippen molar-refractivity contribution in [3.8, 4) is 11.5 Å². The summed E-state index contributed by atoms with van der Waals surface area (Å²) in [5.74, 6) is 0.806. The van der Waals surface area contributed by atoms with Gasteiger partial charge in [-0.25, -0.2) is 0 Å². The zero-order valence-electron chi connectivity index (χ0n) is 12.7. The number of ether oxygens (including phenoxy) is 2. The number of hydrogen-bond acceptors (Lipinski definition) is 4. The number of nitrogens with one attached hydrogen (secondary N) is 2. The summed E-state index contributed by atoms with van der Waals surface area (Å²) in [5, 5.41) is 0. The van der Waals surface area contributed by atoms with E-state index in [4.69, 9.17) is 9.47 Å². The van der Waals surface area contributed by atoms with E-state index in [1.165, 1.54) is 7.11 Å². The van der Waals surface area contributed by atoms with Crippen LogP contribution in [0, 0.1) is 11.8 Å². The van der Waals surface area contributed by atoms with Gasteiger partial charge in [0.15, 0.2) is 11.5 Å². The minimum atomic E-state index is -0.413. The Kier molecular flexibility index (Phi) is 5.28. The Morgan fingerprint density at radius 3 is 2.59 bits per heavy atom. The second-order valence-electron chi connectivity index (χ2n) is 5.19. The van der Waals surface area contributed by atoms with E-state index in [1.807, 2.05) is 13.8 Å². The maximum Gasteiger partial charge on any atom is 0.269 e. The van der Waals surface area contributed by atoms with Gasteiger partial charge in [0.2, 0.25) is 5.91 Å². The van der Waals surface area contributed by atoms with Gasteiger partial charge in [0, 0.05) is 11.5 Å². The molecule has 22 heavy (non-hydrogen) atoms. The molecule has 1 aliphatic rings. The summed E-state index contributed by atoms with van der Waals surface area (Å²) < 4.78 is 11.3. The van der Waals surface area contributed by atoms with Gasteiger partial charge in [-0.05, 0) is 47.3 Å². The predicted octanol–water partition coefficient (Wildman–Crippen LogP) is 2.27. The molecule has 2 rings (SSSR count). The first-order valence-corrected chi connectivity index (χ1v) is 7.87. The highest BCUT2D eigenvalue weighted by Gasteiger charge is 2.39. The maximum atomic E-state index is 12.1. The lowest BCUT2D eigenvalue weighted by Crippen LogP contribution is -2.42. The van der Waals surface area contributed by atoms with Gasteiger partial charge in [-0.1, -0.05) is 6.92 Å². The van der Waals surface area contributed by atoms with E-state index in [0.717, 1.165) is 6.42 Å². The van der Waals surface area contributed by atoms with Crippen LogP contribution in [-0.4, -0.2) is 25.5 Å². The van der Waals surface area contributed by atoms with Gasteiger partial charge < -0.3 is 9.47 Å². The molecule has 1 fully saturated rings. The third-order valence-corrected chi connectivity index (χ3v) is 4.11. The number of methoxy groups -OCH3 is 1. The highest BCUT2D eigenvalue weighted by molar-refractivity contribution is 9.10. The molecule has 0 heterocycles. The van der Waals surface area contributed by atoms with E-state index in [0.29, 0.717) is 34.1 Å². The monoisotopic (exact) mass is 370 g/mol. The number of halogens is 1. The molecular weight excluding hydrogens is 352 g/mol. The second-order valence-corrected chi connectivity index (χ2v) is 6.04. The zero-order chi connectivity index (χ0) is 16.3. The number of hydrazine groups is 1. The summed E-state index contributed by atoms with van der Waals surface area (Å²) >= 11 is 3.36. The Bertz CT molecular complexity index is 591. The molecule has 6 nitrogen and oxygen atoms in total. The van der Waals surface area contributed by atoms with Crippen molar-refractivity contribution in [1.82, 2.24) is 10.9 Å². The van der Waals surface area contributed by atoms with Crippen molar-refractivity contribution in [2.75, 3.05) is 13.7 Å². The number of carbonyl (C=O) groups is 2. The van der Waals surface area contributed by atoms with E-state index in [9.17, 15) is 9.59 Å². The molecule has 120 valence electrons. The van der Waals surface area contributed by atoms with Crippen molar-refractivity contribution in [2.45, 2.75) is 20.3 Å². The fourth-order valence-electron chi connectivity index (χ4n) is 2.11. The van der Waals surface area contributed by atoms with Gasteiger partial charge in [0.1, 0.15) is 0 Å². The number of carbonyl (C=O) groups excluding carboxylic acids is 2. The molecule has 0 aliphatic heterocycles. The van der Waals surface area contributed by atoms with Gasteiger partial charge in [-0.15, -0.1) is 0 Å². The third-order valence-electron chi connectivity index (χ3n) is 3.53. The molecule has 1 aliphatic carbocycles. The van der Waals surface area contributed by atoms with Gasteiger partial charge in [-0.3, -0.25) is 20.4 Å². The Hall–Kier alpha value is -1.76. The minimum absolute atomic E-state index is 0.00176. The first-order valence-electron chi connectivity index (χ1n) is 7.08. The van der Waals surface area contributed by atoms with Crippen molar-refractivity contribution in [1.29, 1.82) is 0 Å². The summed E-state index contributed by atoms with van der Waals surface area (Å²) in [4.78, 5) is 23.8. The Morgan fingerprint density at radius 1 is 1.36 bits per heavy atom. The van der Waals surface area contributed by atoms with E-state index in [1.54, 1.807) is 12.1 Å². The fourth-order valence-corrected chi connectivity index (χ4v) is 2.66. The first kappa shape index (κ1) is 16.6. The molecule has 0 aromatic heterocycles. The Labute approximate surface area is 137 Å². The van der Waals surface area contributed by atoms with Crippen LogP contribution >= 0.6 is 15.9 Å². The number of hydrogen-bond donors (Lipinski definition) is 2. The summed E-state index contributed by atoms with van der Waals surface area (Å²) in [6.07, 6.45) is 0.865. The van der Waals surface area contributed by atoms with Crippen LogP contribution in [0.1, 0.15) is 30.6 Å². The molecule has 1 saturated carbocycles. The average molecular weight is 371 g/mol. The summed E-state index contributed by atoms with van der Waals surface area (Å²) in [6, 6.07) is 3.19. The molecule has 1 aromatic rings. The molecule has 0 spiro atoms. The molecule has 7 heteroatoms. The Morgan fingerprint density at radius 2 is 2.05 bits per heavy atom. The van der Waals surface area contributed by atoms with E-state index in [2.05, 4.69) is 26.8 Å². The maximum absolute atomic E-state index is 12.1. The van der Waals surface area contributed by atoms with Gasteiger partial charge >= 0.3 is 0 Å². The number of benzene rings is 1. The van der Waals surface area contributed by atoms with Crippen LogP contribution in [0.3, 0.4) is 0 Å². The zero-order valence-corrected chi connectivity index (χ0v) is 14.3.